The lowest BCUT2D eigenvalue weighted by Crippen LogP contribution is -2.18. The molecule has 1 aromatic carbocycles. The van der Waals surface area contributed by atoms with Crippen molar-refractivity contribution in [3.63, 3.8) is 0 Å². The van der Waals surface area contributed by atoms with Gasteiger partial charge in [0.05, 0.1) is 5.69 Å². The van der Waals surface area contributed by atoms with E-state index < -0.39 is 0 Å². The quantitative estimate of drug-likeness (QED) is 0.827. The topological polar surface area (TPSA) is 29.0 Å². The molecule has 0 bridgehead atoms. The van der Waals surface area contributed by atoms with Crippen molar-refractivity contribution in [1.82, 2.24) is 10.2 Å². The van der Waals surface area contributed by atoms with E-state index in [1.807, 2.05) is 14.0 Å². The molecule has 2 aromatic rings. The van der Waals surface area contributed by atoms with Crippen molar-refractivity contribution in [2.24, 2.45) is 0 Å². The SMILES string of the molecule is Cc1ccc(CN(C)c2cc(C)c(C)nn2)cc1. The highest BCUT2D eigenvalue weighted by Gasteiger charge is 2.05. The number of hydrogen-bond acceptors (Lipinski definition) is 3. The Hall–Kier alpha value is -1.90. The van der Waals surface area contributed by atoms with E-state index in [0.29, 0.717) is 0 Å². The zero-order valence-electron chi connectivity index (χ0n) is 11.4. The molecule has 0 spiro atoms. The molecule has 0 radical (unpaired) electrons. The predicted molar refractivity (Wildman–Crippen MR) is 74.8 cm³/mol. The van der Waals surface area contributed by atoms with E-state index in [1.54, 1.807) is 0 Å². The van der Waals surface area contributed by atoms with Gasteiger partial charge in [0.2, 0.25) is 0 Å². The van der Waals surface area contributed by atoms with Crippen LogP contribution in [0.25, 0.3) is 0 Å². The number of hydrogen-bond donors (Lipinski definition) is 0. The van der Waals surface area contributed by atoms with Crippen LogP contribution < -0.4 is 4.90 Å². The molecule has 0 N–H and O–H groups in total. The molecule has 3 nitrogen and oxygen atoms in total. The molecular weight excluding hydrogens is 222 g/mol. The molecule has 2 rings (SSSR count). The van der Waals surface area contributed by atoms with Crippen LogP contribution in [-0.4, -0.2) is 17.2 Å². The van der Waals surface area contributed by atoms with Crippen molar-refractivity contribution in [3.8, 4) is 0 Å². The minimum atomic E-state index is 0.845. The molecule has 1 aromatic heterocycles. The minimum absolute atomic E-state index is 0.845. The molecule has 0 fully saturated rings. The molecule has 0 saturated heterocycles. The molecule has 0 saturated carbocycles. The van der Waals surface area contributed by atoms with Gasteiger partial charge in [0.25, 0.3) is 0 Å². The van der Waals surface area contributed by atoms with Gasteiger partial charge in [0.15, 0.2) is 5.82 Å². The number of aryl methyl sites for hydroxylation is 3. The molecule has 94 valence electrons. The first-order chi connectivity index (χ1) is 8.56. The van der Waals surface area contributed by atoms with Gasteiger partial charge in [-0.05, 0) is 38.0 Å². The molecular formula is C15H19N3. The summed E-state index contributed by atoms with van der Waals surface area (Å²) in [6.07, 6.45) is 0. The van der Waals surface area contributed by atoms with Gasteiger partial charge >= 0.3 is 0 Å². The normalized spacial score (nSPS) is 10.4. The summed E-state index contributed by atoms with van der Waals surface area (Å²) in [5, 5.41) is 8.39. The van der Waals surface area contributed by atoms with E-state index in [1.165, 1.54) is 16.7 Å². The van der Waals surface area contributed by atoms with Crippen molar-refractivity contribution < 1.29 is 0 Å². The van der Waals surface area contributed by atoms with E-state index in [4.69, 9.17) is 0 Å². The molecule has 0 aliphatic carbocycles. The van der Waals surface area contributed by atoms with Gasteiger partial charge in [0, 0.05) is 13.6 Å². The third kappa shape index (κ3) is 2.86. The Morgan fingerprint density at radius 3 is 2.28 bits per heavy atom. The molecule has 3 heteroatoms. The summed E-state index contributed by atoms with van der Waals surface area (Å²) >= 11 is 0. The molecule has 0 aliphatic heterocycles. The molecule has 0 unspecified atom stereocenters. The molecule has 18 heavy (non-hydrogen) atoms. The van der Waals surface area contributed by atoms with Crippen LogP contribution in [0.4, 0.5) is 5.82 Å². The highest BCUT2D eigenvalue weighted by molar-refractivity contribution is 5.41. The van der Waals surface area contributed by atoms with Gasteiger partial charge in [-0.2, -0.15) is 5.10 Å². The lowest BCUT2D eigenvalue weighted by atomic mass is 10.1. The highest BCUT2D eigenvalue weighted by Crippen LogP contribution is 2.15. The highest BCUT2D eigenvalue weighted by atomic mass is 15.2. The largest absolute Gasteiger partial charge is 0.354 e. The van der Waals surface area contributed by atoms with Crippen LogP contribution >= 0.6 is 0 Å². The maximum absolute atomic E-state index is 4.23. The van der Waals surface area contributed by atoms with Crippen molar-refractivity contribution in [2.45, 2.75) is 27.3 Å². The van der Waals surface area contributed by atoms with Crippen molar-refractivity contribution in [3.05, 3.63) is 52.7 Å². The summed E-state index contributed by atoms with van der Waals surface area (Å²) in [7, 11) is 2.04. The van der Waals surface area contributed by atoms with Crippen LogP contribution in [0.2, 0.25) is 0 Å². The van der Waals surface area contributed by atoms with E-state index in [2.05, 4.69) is 59.3 Å². The van der Waals surface area contributed by atoms with Crippen LogP contribution in [0.1, 0.15) is 22.4 Å². The summed E-state index contributed by atoms with van der Waals surface area (Å²) in [6, 6.07) is 10.7. The second-order valence-corrected chi connectivity index (χ2v) is 4.81. The van der Waals surface area contributed by atoms with Gasteiger partial charge in [-0.1, -0.05) is 29.8 Å². The Labute approximate surface area is 108 Å². The second kappa shape index (κ2) is 5.17. The van der Waals surface area contributed by atoms with Crippen molar-refractivity contribution in [2.75, 3.05) is 11.9 Å². The van der Waals surface area contributed by atoms with Crippen molar-refractivity contribution >= 4 is 5.82 Å². The Morgan fingerprint density at radius 2 is 1.67 bits per heavy atom. The maximum Gasteiger partial charge on any atom is 0.151 e. The second-order valence-electron chi connectivity index (χ2n) is 4.81. The van der Waals surface area contributed by atoms with E-state index in [-0.39, 0.29) is 0 Å². The third-order valence-electron chi connectivity index (χ3n) is 3.15. The molecule has 0 atom stereocenters. The fraction of sp³-hybridized carbons (Fsp3) is 0.333. The van der Waals surface area contributed by atoms with E-state index >= 15 is 0 Å². The number of rotatable bonds is 3. The average Bonchev–Trinajstić information content (AvgIpc) is 2.35. The zero-order chi connectivity index (χ0) is 13.1. The van der Waals surface area contributed by atoms with Crippen molar-refractivity contribution in [1.29, 1.82) is 0 Å². The first-order valence-corrected chi connectivity index (χ1v) is 6.14. The van der Waals surface area contributed by atoms with Crippen LogP contribution in [0.3, 0.4) is 0 Å². The first kappa shape index (κ1) is 12.6. The predicted octanol–water partition coefficient (Wildman–Crippen LogP) is 3.04. The van der Waals surface area contributed by atoms with Gasteiger partial charge in [-0.15, -0.1) is 5.10 Å². The zero-order valence-corrected chi connectivity index (χ0v) is 11.4. The Morgan fingerprint density at radius 1 is 1.00 bits per heavy atom. The fourth-order valence-corrected chi connectivity index (χ4v) is 1.77. The Kier molecular flexibility index (Phi) is 3.60. The minimum Gasteiger partial charge on any atom is -0.354 e. The average molecular weight is 241 g/mol. The smallest absolute Gasteiger partial charge is 0.151 e. The maximum atomic E-state index is 4.23. The number of aromatic nitrogens is 2. The number of nitrogens with zero attached hydrogens (tertiary/aromatic N) is 3. The standard InChI is InChI=1S/C15H19N3/c1-11-5-7-14(8-6-11)10-18(4)15-9-12(2)13(3)16-17-15/h5-9H,10H2,1-4H3. The molecule has 0 amide bonds. The fourth-order valence-electron chi connectivity index (χ4n) is 1.77. The van der Waals surface area contributed by atoms with Gasteiger partial charge < -0.3 is 4.90 Å². The van der Waals surface area contributed by atoms with Crippen LogP contribution in [-0.2, 0) is 6.54 Å². The molecule has 1 heterocycles. The van der Waals surface area contributed by atoms with E-state index in [9.17, 15) is 0 Å². The summed E-state index contributed by atoms with van der Waals surface area (Å²) in [4.78, 5) is 2.12. The Bertz CT molecular complexity index is 532. The summed E-state index contributed by atoms with van der Waals surface area (Å²) in [5.74, 6) is 0.915. The van der Waals surface area contributed by atoms with Crippen LogP contribution in [0.15, 0.2) is 30.3 Å². The monoisotopic (exact) mass is 241 g/mol. The van der Waals surface area contributed by atoms with Gasteiger partial charge in [0.1, 0.15) is 0 Å². The summed E-state index contributed by atoms with van der Waals surface area (Å²) < 4.78 is 0. The number of anilines is 1. The Balaban J connectivity index is 2.13. The summed E-state index contributed by atoms with van der Waals surface area (Å²) in [6.45, 7) is 6.99. The van der Waals surface area contributed by atoms with Crippen LogP contribution in [0.5, 0.6) is 0 Å². The van der Waals surface area contributed by atoms with Gasteiger partial charge in [-0.25, -0.2) is 0 Å². The van der Waals surface area contributed by atoms with Gasteiger partial charge in [-0.3, -0.25) is 0 Å². The first-order valence-electron chi connectivity index (χ1n) is 6.14. The third-order valence-corrected chi connectivity index (χ3v) is 3.15. The lowest BCUT2D eigenvalue weighted by molar-refractivity contribution is 0.850. The molecule has 0 aliphatic rings. The van der Waals surface area contributed by atoms with Crippen LogP contribution in [0, 0.1) is 20.8 Å². The lowest BCUT2D eigenvalue weighted by Gasteiger charge is -2.18. The van der Waals surface area contributed by atoms with E-state index in [0.717, 1.165) is 18.1 Å². The summed E-state index contributed by atoms with van der Waals surface area (Å²) in [5.41, 5.74) is 4.73. The number of benzene rings is 1.